The number of nitro groups is 1. The summed E-state index contributed by atoms with van der Waals surface area (Å²) in [7, 11) is 1.56. The van der Waals surface area contributed by atoms with Crippen LogP contribution in [0.2, 0.25) is 0 Å². The molecule has 0 aliphatic carbocycles. The molecular weight excluding hydrogens is 477 g/mol. The highest BCUT2D eigenvalue weighted by atomic mass is 32.1. The fourth-order valence-corrected chi connectivity index (χ4v) is 3.99. The molecule has 0 spiro atoms. The maximum atomic E-state index is 13.4. The number of rotatable bonds is 6. The van der Waals surface area contributed by atoms with Crippen molar-refractivity contribution in [3.63, 3.8) is 0 Å². The molecule has 0 atom stereocenters. The number of ether oxygens (including phenoxy) is 1. The molecule has 0 saturated carbocycles. The van der Waals surface area contributed by atoms with Crippen LogP contribution in [-0.2, 0) is 0 Å². The van der Waals surface area contributed by atoms with Gasteiger partial charge in [0.2, 0.25) is 5.95 Å². The van der Waals surface area contributed by atoms with Crippen molar-refractivity contribution >= 4 is 39.1 Å². The summed E-state index contributed by atoms with van der Waals surface area (Å²) in [5.41, 5.74) is 1.46. The van der Waals surface area contributed by atoms with E-state index in [1.54, 1.807) is 36.1 Å². The summed E-state index contributed by atoms with van der Waals surface area (Å²) in [6.45, 7) is 0. The molecule has 0 bridgehead atoms. The fraction of sp³-hybridized carbons (Fsp3) is 0.0455. The van der Waals surface area contributed by atoms with E-state index in [1.165, 1.54) is 36.7 Å². The second kappa shape index (κ2) is 8.87. The first kappa shape index (κ1) is 22.0. The van der Waals surface area contributed by atoms with Crippen LogP contribution >= 0.6 is 11.3 Å². The van der Waals surface area contributed by atoms with E-state index in [0.717, 1.165) is 11.3 Å². The zero-order valence-electron chi connectivity index (χ0n) is 17.9. The van der Waals surface area contributed by atoms with Gasteiger partial charge in [0.25, 0.3) is 5.91 Å². The molecule has 35 heavy (non-hydrogen) atoms. The van der Waals surface area contributed by atoms with E-state index in [4.69, 9.17) is 4.74 Å². The minimum Gasteiger partial charge on any atom is -0.497 e. The number of anilines is 1. The summed E-state index contributed by atoms with van der Waals surface area (Å²) in [6.07, 6.45) is 2.78. The lowest BCUT2D eigenvalue weighted by atomic mass is 10.2. The number of methoxy groups -OCH3 is 1. The number of benzene rings is 1. The fourth-order valence-electron chi connectivity index (χ4n) is 3.27. The monoisotopic (exact) mass is 491 g/mol. The molecule has 1 amide bonds. The Kier molecular flexibility index (Phi) is 5.58. The molecule has 0 aliphatic rings. The number of nitrogens with one attached hydrogen (secondary N) is 1. The van der Waals surface area contributed by atoms with Crippen molar-refractivity contribution < 1.29 is 18.8 Å². The molecule has 5 aromatic rings. The predicted octanol–water partition coefficient (Wildman–Crippen LogP) is 4.25. The third-order valence-corrected chi connectivity index (χ3v) is 5.99. The van der Waals surface area contributed by atoms with Gasteiger partial charge in [0.1, 0.15) is 11.6 Å². The van der Waals surface area contributed by atoms with Crippen molar-refractivity contribution in [2.75, 3.05) is 12.4 Å². The first-order chi connectivity index (χ1) is 16.9. The van der Waals surface area contributed by atoms with Crippen LogP contribution in [0, 0.1) is 16.1 Å². The summed E-state index contributed by atoms with van der Waals surface area (Å²) >= 11 is 0.743. The molecular formula is C22H14FN7O4S. The summed E-state index contributed by atoms with van der Waals surface area (Å²) in [6, 6.07) is 12.4. The number of halogens is 1. The highest BCUT2D eigenvalue weighted by Gasteiger charge is 2.20. The number of hydrogen-bond donors (Lipinski definition) is 1. The van der Waals surface area contributed by atoms with Crippen molar-refractivity contribution in [1.82, 2.24) is 24.7 Å². The number of fused-ring (bicyclic) bond motifs is 1. The third-order valence-electron chi connectivity index (χ3n) is 4.96. The quantitative estimate of drug-likeness (QED) is 0.211. The minimum atomic E-state index is -0.661. The van der Waals surface area contributed by atoms with Gasteiger partial charge < -0.3 is 10.1 Å². The van der Waals surface area contributed by atoms with Gasteiger partial charge in [0, 0.05) is 17.8 Å². The molecule has 4 aromatic heterocycles. The van der Waals surface area contributed by atoms with E-state index in [-0.39, 0.29) is 21.5 Å². The number of aromatic nitrogens is 5. The molecule has 0 unspecified atom stereocenters. The lowest BCUT2D eigenvalue weighted by Crippen LogP contribution is -2.12. The van der Waals surface area contributed by atoms with Gasteiger partial charge >= 0.3 is 5.00 Å². The highest BCUT2D eigenvalue weighted by Crippen LogP contribution is 2.29. The Balaban J connectivity index is 1.62. The van der Waals surface area contributed by atoms with Gasteiger partial charge in [0.15, 0.2) is 11.5 Å². The Labute approximate surface area is 200 Å². The average molecular weight is 491 g/mol. The van der Waals surface area contributed by atoms with Gasteiger partial charge in [-0.05, 0) is 42.5 Å². The van der Waals surface area contributed by atoms with E-state index in [9.17, 15) is 19.3 Å². The van der Waals surface area contributed by atoms with Crippen molar-refractivity contribution in [2.45, 2.75) is 0 Å². The predicted molar refractivity (Wildman–Crippen MR) is 125 cm³/mol. The highest BCUT2D eigenvalue weighted by molar-refractivity contribution is 7.17. The van der Waals surface area contributed by atoms with Gasteiger partial charge in [0.05, 0.1) is 34.2 Å². The van der Waals surface area contributed by atoms with Crippen molar-refractivity contribution in [3.05, 3.63) is 81.9 Å². The summed E-state index contributed by atoms with van der Waals surface area (Å²) in [5.74, 6) is -0.270. The molecule has 5 rings (SSSR count). The Hall–Kier alpha value is -4.78. The smallest absolute Gasteiger partial charge is 0.324 e. The summed E-state index contributed by atoms with van der Waals surface area (Å²) in [5, 5.41) is 18.3. The van der Waals surface area contributed by atoms with Crippen molar-refractivity contribution in [3.8, 4) is 22.8 Å². The van der Waals surface area contributed by atoms with Crippen molar-refractivity contribution in [1.29, 1.82) is 0 Å². The normalized spacial score (nSPS) is 10.9. The largest absolute Gasteiger partial charge is 0.497 e. The molecule has 1 N–H and O–H groups in total. The molecule has 11 nitrogen and oxygen atoms in total. The number of nitrogens with zero attached hydrogens (tertiary/aromatic N) is 6. The average Bonchev–Trinajstić information content (AvgIpc) is 3.53. The van der Waals surface area contributed by atoms with Gasteiger partial charge in [-0.2, -0.15) is 9.49 Å². The van der Waals surface area contributed by atoms with Crippen LogP contribution in [0.5, 0.6) is 5.75 Å². The molecule has 0 saturated heterocycles. The molecule has 0 aliphatic heterocycles. The number of carbonyl (C=O) groups excluding carboxylic acids is 1. The maximum absolute atomic E-state index is 13.4. The third kappa shape index (κ3) is 4.27. The van der Waals surface area contributed by atoms with Crippen LogP contribution < -0.4 is 10.1 Å². The first-order valence-corrected chi connectivity index (χ1v) is 10.8. The van der Waals surface area contributed by atoms with Crippen molar-refractivity contribution in [2.24, 2.45) is 0 Å². The zero-order chi connectivity index (χ0) is 24.5. The molecule has 1 aromatic carbocycles. The van der Waals surface area contributed by atoms with Crippen LogP contribution in [0.4, 0.5) is 15.2 Å². The molecule has 174 valence electrons. The van der Waals surface area contributed by atoms with E-state index in [2.05, 4.69) is 25.4 Å². The van der Waals surface area contributed by atoms with E-state index in [1.807, 2.05) is 0 Å². The van der Waals surface area contributed by atoms with Crippen LogP contribution in [0.1, 0.15) is 9.67 Å². The molecule has 0 fully saturated rings. The van der Waals surface area contributed by atoms with Gasteiger partial charge in [-0.1, -0.05) is 11.3 Å². The number of thiophene rings is 1. The van der Waals surface area contributed by atoms with E-state index < -0.39 is 16.8 Å². The Morgan fingerprint density at radius 1 is 1.11 bits per heavy atom. The summed E-state index contributed by atoms with van der Waals surface area (Å²) in [4.78, 5) is 36.1. The standard InChI is InChI=1S/C22H14FN7O4S/c1-34-14-5-3-13(4-6-14)29-21-15(11-25-29)20(26-19(27-21)12-2-8-17(23)24-10-12)28-22(31)16-7-9-18(35-16)30(32)33/h2-11H,1H3,(H,26,27,28,31). The second-order valence-corrected chi connectivity index (χ2v) is 8.17. The lowest BCUT2D eigenvalue weighted by Gasteiger charge is -2.09. The Morgan fingerprint density at radius 3 is 2.57 bits per heavy atom. The number of pyridine rings is 1. The van der Waals surface area contributed by atoms with Crippen LogP contribution in [0.15, 0.2) is 60.9 Å². The van der Waals surface area contributed by atoms with Gasteiger partial charge in [-0.25, -0.2) is 19.6 Å². The SMILES string of the molecule is COc1ccc(-n2ncc3c(NC(=O)c4ccc([N+](=O)[O-])s4)nc(-c4ccc(F)nc4)nc32)cc1. The lowest BCUT2D eigenvalue weighted by molar-refractivity contribution is -0.380. The zero-order valence-corrected chi connectivity index (χ0v) is 18.7. The van der Waals surface area contributed by atoms with E-state index in [0.29, 0.717) is 28.0 Å². The topological polar surface area (TPSA) is 138 Å². The van der Waals surface area contributed by atoms with Crippen LogP contribution in [0.3, 0.4) is 0 Å². The van der Waals surface area contributed by atoms with Gasteiger partial charge in [-0.3, -0.25) is 14.9 Å². The number of hydrogen-bond acceptors (Lipinski definition) is 9. The van der Waals surface area contributed by atoms with Crippen LogP contribution in [0.25, 0.3) is 28.1 Å². The second-order valence-electron chi connectivity index (χ2n) is 7.11. The Morgan fingerprint density at radius 2 is 1.91 bits per heavy atom. The first-order valence-electron chi connectivity index (χ1n) is 10.0. The van der Waals surface area contributed by atoms with E-state index >= 15 is 0 Å². The number of amides is 1. The summed E-state index contributed by atoms with van der Waals surface area (Å²) < 4.78 is 20.1. The molecule has 4 heterocycles. The Bertz CT molecular complexity index is 1570. The number of carbonyl (C=O) groups is 1. The van der Waals surface area contributed by atoms with Crippen LogP contribution in [-0.4, -0.2) is 42.7 Å². The van der Waals surface area contributed by atoms with Gasteiger partial charge in [-0.15, -0.1) is 0 Å². The molecule has 0 radical (unpaired) electrons. The molecule has 13 heteroatoms. The maximum Gasteiger partial charge on any atom is 0.324 e. The minimum absolute atomic E-state index is 0.134.